The summed E-state index contributed by atoms with van der Waals surface area (Å²) in [5.74, 6) is 2.15. The summed E-state index contributed by atoms with van der Waals surface area (Å²) in [5, 5.41) is 7.83. The van der Waals surface area contributed by atoms with Crippen molar-refractivity contribution in [2.75, 3.05) is 0 Å². The van der Waals surface area contributed by atoms with Crippen LogP contribution in [-0.2, 0) is 22.3 Å². The molecule has 0 saturated heterocycles. The molecule has 0 bridgehead atoms. The van der Waals surface area contributed by atoms with Gasteiger partial charge in [-0.1, -0.05) is 34.1 Å². The monoisotopic (exact) mass is 331 g/mol. The molecule has 2 aromatic heterocycles. The Hall–Kier alpha value is -2.28. The van der Waals surface area contributed by atoms with Crippen LogP contribution in [0.4, 0.5) is 0 Å². The average Bonchev–Trinajstić information content (AvgIpc) is 3.09. The van der Waals surface area contributed by atoms with Gasteiger partial charge in [0.1, 0.15) is 11.5 Å². The fourth-order valence-electron chi connectivity index (χ4n) is 2.27. The van der Waals surface area contributed by atoms with Crippen molar-refractivity contribution in [3.8, 4) is 11.4 Å². The minimum Gasteiger partial charge on any atom is -0.361 e. The molecule has 0 N–H and O–H groups in total. The van der Waals surface area contributed by atoms with E-state index in [-0.39, 0.29) is 5.75 Å². The number of aromatic nitrogens is 3. The van der Waals surface area contributed by atoms with Crippen LogP contribution in [0.15, 0.2) is 33.3 Å². The van der Waals surface area contributed by atoms with Gasteiger partial charge < -0.3 is 9.05 Å². The fraction of sp³-hybridized carbons (Fsp3) is 0.312. The minimum atomic E-state index is -1.16. The molecule has 0 saturated carbocycles. The van der Waals surface area contributed by atoms with Gasteiger partial charge in [0.2, 0.25) is 11.7 Å². The summed E-state index contributed by atoms with van der Waals surface area (Å²) in [4.78, 5) is 4.33. The Morgan fingerprint density at radius 3 is 2.61 bits per heavy atom. The molecule has 0 radical (unpaired) electrons. The zero-order valence-electron chi connectivity index (χ0n) is 13.2. The number of aryl methyl sites for hydroxylation is 3. The van der Waals surface area contributed by atoms with E-state index in [4.69, 9.17) is 9.05 Å². The SMILES string of the molecule is Cc1cccc(-c2noc(C[S@@](=O)Cc3c(C)noc3C)n2)c1. The largest absolute Gasteiger partial charge is 0.361 e. The molecule has 0 fully saturated rings. The Bertz CT molecular complexity index is 834. The predicted molar refractivity (Wildman–Crippen MR) is 86.0 cm³/mol. The number of nitrogens with zero attached hydrogens (tertiary/aromatic N) is 3. The minimum absolute atomic E-state index is 0.211. The summed E-state index contributed by atoms with van der Waals surface area (Å²) in [6, 6.07) is 7.84. The number of rotatable bonds is 5. The first-order chi connectivity index (χ1) is 11.0. The van der Waals surface area contributed by atoms with Gasteiger partial charge in [0.05, 0.1) is 11.4 Å². The van der Waals surface area contributed by atoms with Gasteiger partial charge in [0, 0.05) is 21.9 Å². The summed E-state index contributed by atoms with van der Waals surface area (Å²) in [6.07, 6.45) is 0. The first-order valence-corrected chi connectivity index (χ1v) is 8.68. The van der Waals surface area contributed by atoms with E-state index in [1.807, 2.05) is 45.0 Å². The molecule has 0 amide bonds. The molecule has 2 heterocycles. The van der Waals surface area contributed by atoms with Crippen molar-refractivity contribution in [2.45, 2.75) is 32.3 Å². The number of hydrogen-bond acceptors (Lipinski definition) is 6. The lowest BCUT2D eigenvalue weighted by Crippen LogP contribution is -2.01. The Labute approximate surface area is 136 Å². The van der Waals surface area contributed by atoms with E-state index in [1.165, 1.54) is 0 Å². The Morgan fingerprint density at radius 2 is 1.91 bits per heavy atom. The molecule has 1 atom stereocenters. The molecule has 0 aliphatic rings. The highest BCUT2D eigenvalue weighted by Crippen LogP contribution is 2.19. The first kappa shape index (κ1) is 15.6. The standard InChI is InChI=1S/C16H17N3O3S/c1-10-5-4-6-13(7-10)16-17-15(22-19-16)9-23(20)8-14-11(2)18-21-12(14)3/h4-7H,8-9H2,1-3H3/t23-/m0/s1. The van der Waals surface area contributed by atoms with Crippen LogP contribution < -0.4 is 0 Å². The van der Waals surface area contributed by atoms with Crippen LogP contribution in [0.1, 0.15) is 28.5 Å². The summed E-state index contributed by atoms with van der Waals surface area (Å²) in [7, 11) is -1.16. The molecule has 0 aliphatic heterocycles. The van der Waals surface area contributed by atoms with E-state index < -0.39 is 10.8 Å². The van der Waals surface area contributed by atoms with Gasteiger partial charge in [0.15, 0.2) is 0 Å². The molecule has 0 aliphatic carbocycles. The van der Waals surface area contributed by atoms with Crippen molar-refractivity contribution in [2.24, 2.45) is 0 Å². The zero-order valence-corrected chi connectivity index (χ0v) is 14.0. The Kier molecular flexibility index (Phi) is 4.38. The molecule has 1 aromatic carbocycles. The van der Waals surface area contributed by atoms with Gasteiger partial charge in [0.25, 0.3) is 0 Å². The van der Waals surface area contributed by atoms with Crippen LogP contribution in [0, 0.1) is 20.8 Å². The quantitative estimate of drug-likeness (QED) is 0.714. The average molecular weight is 331 g/mol. The third-order valence-corrected chi connectivity index (χ3v) is 4.69. The summed E-state index contributed by atoms with van der Waals surface area (Å²) in [5.41, 5.74) is 3.65. The lowest BCUT2D eigenvalue weighted by atomic mass is 10.1. The predicted octanol–water partition coefficient (Wildman–Crippen LogP) is 3.10. The van der Waals surface area contributed by atoms with E-state index in [2.05, 4.69) is 15.3 Å². The van der Waals surface area contributed by atoms with Crippen molar-refractivity contribution in [3.05, 3.63) is 52.7 Å². The molecule has 7 heteroatoms. The van der Waals surface area contributed by atoms with Crippen LogP contribution in [-0.4, -0.2) is 19.5 Å². The molecular formula is C16H17N3O3S. The molecule has 120 valence electrons. The highest BCUT2D eigenvalue weighted by atomic mass is 32.2. The van der Waals surface area contributed by atoms with Crippen LogP contribution in [0.25, 0.3) is 11.4 Å². The van der Waals surface area contributed by atoms with E-state index in [0.717, 1.165) is 22.4 Å². The van der Waals surface area contributed by atoms with Crippen LogP contribution in [0.3, 0.4) is 0 Å². The molecule has 6 nitrogen and oxygen atoms in total. The second-order valence-corrected chi connectivity index (χ2v) is 6.87. The van der Waals surface area contributed by atoms with Crippen LogP contribution in [0.5, 0.6) is 0 Å². The summed E-state index contributed by atoms with van der Waals surface area (Å²) >= 11 is 0. The van der Waals surface area contributed by atoms with Crippen molar-refractivity contribution in [1.29, 1.82) is 0 Å². The van der Waals surface area contributed by atoms with Gasteiger partial charge in [-0.25, -0.2) is 0 Å². The van der Waals surface area contributed by atoms with Gasteiger partial charge >= 0.3 is 0 Å². The van der Waals surface area contributed by atoms with Gasteiger partial charge in [-0.2, -0.15) is 4.98 Å². The summed E-state index contributed by atoms with van der Waals surface area (Å²) < 4.78 is 22.6. The Balaban J connectivity index is 1.70. The lowest BCUT2D eigenvalue weighted by Gasteiger charge is -1.98. The maximum absolute atomic E-state index is 12.3. The number of benzene rings is 1. The highest BCUT2D eigenvalue weighted by molar-refractivity contribution is 7.83. The van der Waals surface area contributed by atoms with E-state index in [1.54, 1.807) is 0 Å². The maximum Gasteiger partial charge on any atom is 0.239 e. The van der Waals surface area contributed by atoms with E-state index in [9.17, 15) is 4.21 Å². The fourth-order valence-corrected chi connectivity index (χ4v) is 3.50. The van der Waals surface area contributed by atoms with Crippen LogP contribution in [0.2, 0.25) is 0 Å². The molecule has 0 spiro atoms. The zero-order chi connectivity index (χ0) is 16.4. The van der Waals surface area contributed by atoms with Gasteiger partial charge in [-0.15, -0.1) is 0 Å². The third-order valence-electron chi connectivity index (χ3n) is 3.52. The molecule has 23 heavy (non-hydrogen) atoms. The highest BCUT2D eigenvalue weighted by Gasteiger charge is 2.16. The normalized spacial score (nSPS) is 12.5. The number of hydrogen-bond donors (Lipinski definition) is 0. The van der Waals surface area contributed by atoms with Crippen molar-refractivity contribution >= 4 is 10.8 Å². The van der Waals surface area contributed by atoms with E-state index >= 15 is 0 Å². The smallest absolute Gasteiger partial charge is 0.239 e. The topological polar surface area (TPSA) is 82.0 Å². The Morgan fingerprint density at radius 1 is 1.09 bits per heavy atom. The molecule has 3 aromatic rings. The maximum atomic E-state index is 12.3. The second kappa shape index (κ2) is 6.45. The van der Waals surface area contributed by atoms with Crippen molar-refractivity contribution < 1.29 is 13.3 Å². The lowest BCUT2D eigenvalue weighted by molar-refractivity contribution is 0.390. The second-order valence-electron chi connectivity index (χ2n) is 5.41. The first-order valence-electron chi connectivity index (χ1n) is 7.19. The molecule has 0 unspecified atom stereocenters. The van der Waals surface area contributed by atoms with Gasteiger partial charge in [-0.05, 0) is 26.8 Å². The van der Waals surface area contributed by atoms with Crippen LogP contribution >= 0.6 is 0 Å². The third kappa shape index (κ3) is 3.56. The molecule has 3 rings (SSSR count). The molecular weight excluding hydrogens is 314 g/mol. The summed E-state index contributed by atoms with van der Waals surface area (Å²) in [6.45, 7) is 5.66. The van der Waals surface area contributed by atoms with E-state index in [0.29, 0.717) is 23.2 Å². The van der Waals surface area contributed by atoms with Gasteiger partial charge in [-0.3, -0.25) is 4.21 Å². The van der Waals surface area contributed by atoms with Crippen molar-refractivity contribution in [1.82, 2.24) is 15.3 Å². The van der Waals surface area contributed by atoms with Crippen molar-refractivity contribution in [3.63, 3.8) is 0 Å².